The fourth-order valence-electron chi connectivity index (χ4n) is 7.11. The van der Waals surface area contributed by atoms with Crippen molar-refractivity contribution >= 4 is 40.9 Å². The number of hydrogen-bond acceptors (Lipinski definition) is 7. The van der Waals surface area contributed by atoms with Crippen LogP contribution in [0.3, 0.4) is 0 Å². The third-order valence-electron chi connectivity index (χ3n) is 8.19. The number of aromatic nitrogens is 1. The van der Waals surface area contributed by atoms with E-state index in [9.17, 15) is 29.4 Å². The Morgan fingerprint density at radius 2 is 1.79 bits per heavy atom. The van der Waals surface area contributed by atoms with Crippen molar-refractivity contribution in [3.8, 4) is 5.75 Å². The van der Waals surface area contributed by atoms with Gasteiger partial charge in [-0.25, -0.2) is 4.79 Å². The molecule has 178 valence electrons. The number of imide groups is 1. The van der Waals surface area contributed by atoms with Crippen LogP contribution in [0.15, 0.2) is 34.1 Å². The Kier molecular flexibility index (Phi) is 4.80. The van der Waals surface area contributed by atoms with Crippen LogP contribution >= 0.6 is 23.1 Å². The molecule has 8 atom stereocenters. The molecular weight excluding hydrogens is 476 g/mol. The summed E-state index contributed by atoms with van der Waals surface area (Å²) in [4.78, 5) is 56.0. The molecule has 2 saturated carbocycles. The molecule has 10 heteroatoms. The number of likely N-dealkylation sites (tertiary alicyclic amines) is 1. The number of rotatable bonds is 4. The molecule has 3 N–H and O–H groups in total. The van der Waals surface area contributed by atoms with Gasteiger partial charge in [-0.15, -0.1) is 11.8 Å². The average Bonchev–Trinajstić information content (AvgIpc) is 3.49. The fraction of sp³-hybridized carbons (Fsp3) is 0.500. The van der Waals surface area contributed by atoms with E-state index in [0.29, 0.717) is 6.42 Å². The number of nitrogens with one attached hydrogen (secondary N) is 1. The van der Waals surface area contributed by atoms with Crippen molar-refractivity contribution in [3.05, 3.63) is 44.4 Å². The van der Waals surface area contributed by atoms with Crippen molar-refractivity contribution in [2.45, 2.75) is 42.5 Å². The van der Waals surface area contributed by atoms with E-state index in [1.54, 1.807) is 37.7 Å². The summed E-state index contributed by atoms with van der Waals surface area (Å²) in [6, 6.07) is 5.91. The van der Waals surface area contributed by atoms with E-state index in [-0.39, 0.29) is 51.4 Å². The van der Waals surface area contributed by atoms with E-state index in [0.717, 1.165) is 31.7 Å². The normalized spacial score (nSPS) is 34.3. The summed E-state index contributed by atoms with van der Waals surface area (Å²) in [6.45, 7) is 3.42. The zero-order valence-corrected chi connectivity index (χ0v) is 20.1. The van der Waals surface area contributed by atoms with Gasteiger partial charge in [-0.05, 0) is 36.2 Å². The van der Waals surface area contributed by atoms with E-state index in [1.807, 2.05) is 12.1 Å². The van der Waals surface area contributed by atoms with Crippen molar-refractivity contribution in [2.24, 2.45) is 35.5 Å². The maximum Gasteiger partial charge on any atom is 0.327 e. The lowest BCUT2D eigenvalue weighted by atomic mass is 9.68. The van der Waals surface area contributed by atoms with Crippen LogP contribution in [0, 0.1) is 35.5 Å². The van der Waals surface area contributed by atoms with E-state index in [4.69, 9.17) is 0 Å². The van der Waals surface area contributed by atoms with E-state index >= 15 is 0 Å². The van der Waals surface area contributed by atoms with Crippen molar-refractivity contribution in [3.63, 3.8) is 0 Å². The Hall–Kier alpha value is -2.59. The second kappa shape index (κ2) is 7.45. The summed E-state index contributed by atoms with van der Waals surface area (Å²) in [5, 5.41) is 21.3. The molecule has 0 spiro atoms. The Morgan fingerprint density at radius 3 is 2.44 bits per heavy atom. The Bertz CT molecular complexity index is 1280. The van der Waals surface area contributed by atoms with Gasteiger partial charge in [0.1, 0.15) is 11.8 Å². The van der Waals surface area contributed by atoms with Crippen LogP contribution in [-0.4, -0.2) is 49.2 Å². The first kappa shape index (κ1) is 21.9. The van der Waals surface area contributed by atoms with Gasteiger partial charge in [-0.2, -0.15) is 0 Å². The molecule has 0 unspecified atom stereocenters. The number of para-hydroxylation sites is 1. The third-order valence-corrected chi connectivity index (χ3v) is 10.8. The quantitative estimate of drug-likeness (QED) is 0.551. The third kappa shape index (κ3) is 2.78. The lowest BCUT2D eigenvalue weighted by Gasteiger charge is -2.43. The molecule has 1 aromatic carbocycles. The first-order valence-corrected chi connectivity index (χ1v) is 13.2. The van der Waals surface area contributed by atoms with Crippen molar-refractivity contribution in [1.82, 2.24) is 9.88 Å². The summed E-state index contributed by atoms with van der Waals surface area (Å²) < 4.78 is 0. The van der Waals surface area contributed by atoms with Crippen molar-refractivity contribution in [2.75, 3.05) is 0 Å². The number of H-pyrrole nitrogens is 1. The second-order valence-corrected chi connectivity index (χ2v) is 12.3. The van der Waals surface area contributed by atoms with Crippen molar-refractivity contribution < 1.29 is 24.6 Å². The highest BCUT2D eigenvalue weighted by molar-refractivity contribution is 8.00. The summed E-state index contributed by atoms with van der Waals surface area (Å²) in [7, 11) is 0. The zero-order valence-electron chi connectivity index (χ0n) is 18.5. The largest absolute Gasteiger partial charge is 0.508 e. The molecule has 4 aliphatic rings. The lowest BCUT2D eigenvalue weighted by molar-refractivity contribution is -0.157. The number of phenols is 1. The number of aromatic hydroxyl groups is 1. The predicted octanol–water partition coefficient (Wildman–Crippen LogP) is 2.72. The Morgan fingerprint density at radius 1 is 1.12 bits per heavy atom. The molecule has 3 heterocycles. The number of nitrogens with zero attached hydrogens (tertiary/aromatic N) is 1. The fourth-order valence-corrected chi connectivity index (χ4v) is 9.99. The standard InChI is InChI=1S/C24H24N2O6S2/c1-8(2)17(23(30)31)26-21(28)15-10-7-11(16(15)22(26)29)18-14(10)13(9-5-3-4-6-12(9)27)19-20(33-18)25-24(32)34-19/h3-6,8,10-11,13-18,27H,7H2,1-2H3,(H,25,32)(H,30,31)/t10-,11-,13-,14-,15+,16-,17-,18+/m1/s1. The smallest absolute Gasteiger partial charge is 0.327 e. The molecule has 1 saturated heterocycles. The average molecular weight is 501 g/mol. The maximum atomic E-state index is 13.6. The lowest BCUT2D eigenvalue weighted by Crippen LogP contribution is -2.49. The van der Waals surface area contributed by atoms with Crippen LogP contribution < -0.4 is 4.87 Å². The monoisotopic (exact) mass is 500 g/mol. The van der Waals surface area contributed by atoms with Gasteiger partial charge in [0.2, 0.25) is 11.8 Å². The van der Waals surface area contributed by atoms with Gasteiger partial charge >= 0.3 is 10.8 Å². The number of aliphatic carboxylic acids is 1. The van der Waals surface area contributed by atoms with Crippen LogP contribution in [0.4, 0.5) is 0 Å². The van der Waals surface area contributed by atoms with E-state index < -0.39 is 29.8 Å². The molecule has 2 bridgehead atoms. The molecular formula is C24H24N2O6S2. The SMILES string of the molecule is CC(C)[C@H](C(=O)O)N1C(=O)[C@@H]2[C@H]3C[C@@H]([C@@H]2C1=O)[C@@H]1[C@@H](c2ccccc2O)c2sc(=O)[nH]c2S[C@@H]31. The van der Waals surface area contributed by atoms with Crippen LogP contribution in [-0.2, 0) is 14.4 Å². The van der Waals surface area contributed by atoms with Gasteiger partial charge in [0.15, 0.2) is 0 Å². The molecule has 1 aromatic heterocycles. The number of thiazole rings is 1. The molecule has 34 heavy (non-hydrogen) atoms. The summed E-state index contributed by atoms with van der Waals surface area (Å²) in [6.07, 6.45) is 0.714. The molecule has 3 fully saturated rings. The number of amides is 2. The first-order chi connectivity index (χ1) is 16.2. The van der Waals surface area contributed by atoms with Crippen LogP contribution in [0.1, 0.15) is 36.6 Å². The van der Waals surface area contributed by atoms with Gasteiger partial charge in [-0.1, -0.05) is 43.4 Å². The minimum atomic E-state index is -1.17. The van der Waals surface area contributed by atoms with Crippen LogP contribution in [0.25, 0.3) is 0 Å². The van der Waals surface area contributed by atoms with Gasteiger partial charge in [-0.3, -0.25) is 19.3 Å². The first-order valence-electron chi connectivity index (χ1n) is 11.5. The minimum absolute atomic E-state index is 0.00682. The molecule has 0 radical (unpaired) electrons. The zero-order chi connectivity index (χ0) is 24.0. The molecule has 6 rings (SSSR count). The number of carboxylic acids is 1. The van der Waals surface area contributed by atoms with E-state index in [2.05, 4.69) is 4.98 Å². The van der Waals surface area contributed by atoms with Gasteiger partial charge in [0, 0.05) is 21.6 Å². The number of benzene rings is 1. The minimum Gasteiger partial charge on any atom is -0.508 e. The predicted molar refractivity (Wildman–Crippen MR) is 125 cm³/mol. The highest BCUT2D eigenvalue weighted by Gasteiger charge is 2.70. The Labute approximate surface area is 203 Å². The topological polar surface area (TPSA) is 128 Å². The number of aromatic amines is 1. The Balaban J connectivity index is 1.46. The molecule has 8 nitrogen and oxygen atoms in total. The summed E-state index contributed by atoms with van der Waals surface area (Å²) >= 11 is 2.70. The molecule has 2 amide bonds. The summed E-state index contributed by atoms with van der Waals surface area (Å²) in [5.41, 5.74) is 0.720. The number of carbonyl (C=O) groups excluding carboxylic acids is 2. The van der Waals surface area contributed by atoms with Gasteiger partial charge < -0.3 is 15.2 Å². The van der Waals surface area contributed by atoms with Crippen LogP contribution in [0.2, 0.25) is 0 Å². The number of carbonyl (C=O) groups is 3. The van der Waals surface area contributed by atoms with E-state index in [1.165, 1.54) is 0 Å². The molecule has 2 aliphatic heterocycles. The highest BCUT2D eigenvalue weighted by Crippen LogP contribution is 2.69. The number of phenolic OH excluding ortho intramolecular Hbond substituents is 1. The maximum absolute atomic E-state index is 13.6. The van der Waals surface area contributed by atoms with Crippen molar-refractivity contribution in [1.29, 1.82) is 0 Å². The number of hydrogen-bond donors (Lipinski definition) is 3. The van der Waals surface area contributed by atoms with Gasteiger partial charge in [0.25, 0.3) is 0 Å². The highest BCUT2D eigenvalue weighted by atomic mass is 32.2. The van der Waals surface area contributed by atoms with Gasteiger partial charge in [0.05, 0.1) is 16.9 Å². The number of fused-ring (bicyclic) bond motifs is 9. The second-order valence-electron chi connectivity index (χ2n) is 10.1. The number of carboxylic acid groups (broad SMARTS) is 1. The molecule has 2 aliphatic carbocycles. The number of thioether (sulfide) groups is 1. The summed E-state index contributed by atoms with van der Waals surface area (Å²) in [5.74, 6) is -3.75. The van der Waals surface area contributed by atoms with Crippen LogP contribution in [0.5, 0.6) is 5.75 Å². The molecule has 2 aromatic rings.